The van der Waals surface area contributed by atoms with Crippen molar-refractivity contribution in [3.8, 4) is 0 Å². The van der Waals surface area contributed by atoms with Gasteiger partial charge in [0.05, 0.1) is 0 Å². The number of aromatic nitrogens is 3. The zero-order valence-electron chi connectivity index (χ0n) is 14.0. The fourth-order valence-electron chi connectivity index (χ4n) is 3.52. The van der Waals surface area contributed by atoms with Crippen LogP contribution in [0.3, 0.4) is 0 Å². The molecule has 0 bridgehead atoms. The number of anilines is 1. The summed E-state index contributed by atoms with van der Waals surface area (Å²) in [5, 5.41) is 11.0. The summed E-state index contributed by atoms with van der Waals surface area (Å²) in [6, 6.07) is 4.17. The SMILES string of the molecule is CC1(CNC(=O)N2CCC(Nc3ccc4nccn4n3)C2)CCC1. The van der Waals surface area contributed by atoms with Crippen LogP contribution in [0, 0.1) is 5.41 Å². The Kier molecular flexibility index (Phi) is 3.78. The Bertz CT molecular complexity index is 738. The highest BCUT2D eigenvalue weighted by Crippen LogP contribution is 2.39. The number of carbonyl (C=O) groups is 1. The zero-order valence-corrected chi connectivity index (χ0v) is 14.0. The van der Waals surface area contributed by atoms with E-state index in [0.29, 0.717) is 12.0 Å². The van der Waals surface area contributed by atoms with Gasteiger partial charge in [-0.15, -0.1) is 5.10 Å². The first-order valence-electron chi connectivity index (χ1n) is 8.71. The van der Waals surface area contributed by atoms with Crippen molar-refractivity contribution < 1.29 is 4.79 Å². The molecule has 1 aliphatic heterocycles. The van der Waals surface area contributed by atoms with Gasteiger partial charge in [-0.1, -0.05) is 13.3 Å². The summed E-state index contributed by atoms with van der Waals surface area (Å²) >= 11 is 0. The fourth-order valence-corrected chi connectivity index (χ4v) is 3.52. The Morgan fingerprint density at radius 1 is 1.42 bits per heavy atom. The lowest BCUT2D eigenvalue weighted by Gasteiger charge is -2.38. The molecule has 3 heterocycles. The van der Waals surface area contributed by atoms with E-state index in [0.717, 1.165) is 31.0 Å². The Balaban J connectivity index is 1.30. The molecule has 0 radical (unpaired) electrons. The van der Waals surface area contributed by atoms with Gasteiger partial charge in [0.1, 0.15) is 5.82 Å². The van der Waals surface area contributed by atoms with E-state index in [2.05, 4.69) is 27.6 Å². The molecule has 2 amide bonds. The van der Waals surface area contributed by atoms with Crippen LogP contribution in [0.1, 0.15) is 32.6 Å². The number of nitrogens with one attached hydrogen (secondary N) is 2. The second kappa shape index (κ2) is 5.96. The average molecular weight is 328 g/mol. The normalized spacial score (nSPS) is 22.4. The maximum Gasteiger partial charge on any atom is 0.317 e. The summed E-state index contributed by atoms with van der Waals surface area (Å²) < 4.78 is 1.75. The molecule has 1 saturated carbocycles. The third-order valence-electron chi connectivity index (χ3n) is 5.31. The number of amides is 2. The van der Waals surface area contributed by atoms with Crippen LogP contribution in [0.25, 0.3) is 5.65 Å². The van der Waals surface area contributed by atoms with Crippen LogP contribution in [0.2, 0.25) is 0 Å². The lowest BCUT2D eigenvalue weighted by Crippen LogP contribution is -2.45. The minimum absolute atomic E-state index is 0.0606. The highest BCUT2D eigenvalue weighted by Gasteiger charge is 2.33. The molecular formula is C17H24N6O. The van der Waals surface area contributed by atoms with E-state index in [4.69, 9.17) is 0 Å². The number of likely N-dealkylation sites (tertiary alicyclic amines) is 1. The van der Waals surface area contributed by atoms with Crippen LogP contribution in [0.15, 0.2) is 24.5 Å². The molecule has 1 unspecified atom stereocenters. The quantitative estimate of drug-likeness (QED) is 0.901. The van der Waals surface area contributed by atoms with Crippen molar-refractivity contribution in [2.75, 3.05) is 25.0 Å². The summed E-state index contributed by atoms with van der Waals surface area (Å²) in [5.41, 5.74) is 1.15. The monoisotopic (exact) mass is 328 g/mol. The molecule has 2 N–H and O–H groups in total. The third-order valence-corrected chi connectivity index (χ3v) is 5.31. The summed E-state index contributed by atoms with van der Waals surface area (Å²) in [6.07, 6.45) is 8.23. The number of hydrogen-bond acceptors (Lipinski definition) is 4. The second-order valence-electron chi connectivity index (χ2n) is 7.35. The molecule has 2 aromatic heterocycles. The van der Waals surface area contributed by atoms with Gasteiger partial charge < -0.3 is 15.5 Å². The maximum absolute atomic E-state index is 12.3. The molecule has 1 aliphatic carbocycles. The topological polar surface area (TPSA) is 74.6 Å². The molecular weight excluding hydrogens is 304 g/mol. The standard InChI is InChI=1S/C17H24N6O/c1-17(6-2-7-17)12-19-16(24)22-9-5-13(11-22)20-14-3-4-15-18-8-10-23(15)21-14/h3-4,8,10,13H,2,5-7,9,11-12H2,1H3,(H,19,24)(H,20,21). The minimum atomic E-state index is 0.0606. The molecule has 0 aromatic carbocycles. The zero-order chi connectivity index (χ0) is 16.6. The van der Waals surface area contributed by atoms with E-state index < -0.39 is 0 Å². The summed E-state index contributed by atoms with van der Waals surface area (Å²) in [6.45, 7) is 4.54. The smallest absolute Gasteiger partial charge is 0.317 e. The number of fused-ring (bicyclic) bond motifs is 1. The molecule has 1 saturated heterocycles. The van der Waals surface area contributed by atoms with Crippen molar-refractivity contribution in [1.29, 1.82) is 0 Å². The van der Waals surface area contributed by atoms with Crippen LogP contribution in [0.4, 0.5) is 10.6 Å². The van der Waals surface area contributed by atoms with Crippen molar-refractivity contribution in [2.24, 2.45) is 5.41 Å². The largest absolute Gasteiger partial charge is 0.364 e. The van der Waals surface area contributed by atoms with Gasteiger partial charge in [-0.25, -0.2) is 14.3 Å². The summed E-state index contributed by atoms with van der Waals surface area (Å²) in [4.78, 5) is 18.4. The van der Waals surface area contributed by atoms with Crippen LogP contribution in [-0.4, -0.2) is 51.2 Å². The number of carbonyl (C=O) groups excluding carboxylic acids is 1. The number of hydrogen-bond donors (Lipinski definition) is 2. The Labute approximate surface area is 141 Å². The van der Waals surface area contributed by atoms with Crippen molar-refractivity contribution in [3.63, 3.8) is 0 Å². The van der Waals surface area contributed by atoms with Crippen LogP contribution >= 0.6 is 0 Å². The Morgan fingerprint density at radius 3 is 3.08 bits per heavy atom. The maximum atomic E-state index is 12.3. The van der Waals surface area contributed by atoms with Gasteiger partial charge in [-0.3, -0.25) is 0 Å². The third kappa shape index (κ3) is 3.02. The van der Waals surface area contributed by atoms with Crippen molar-refractivity contribution in [3.05, 3.63) is 24.5 Å². The lowest BCUT2D eigenvalue weighted by atomic mass is 9.70. The highest BCUT2D eigenvalue weighted by atomic mass is 16.2. The van der Waals surface area contributed by atoms with Crippen LogP contribution in [0.5, 0.6) is 0 Å². The van der Waals surface area contributed by atoms with Gasteiger partial charge in [0.25, 0.3) is 0 Å². The van der Waals surface area contributed by atoms with Crippen molar-refractivity contribution in [2.45, 2.75) is 38.6 Å². The number of rotatable bonds is 4. The molecule has 4 rings (SSSR count). The minimum Gasteiger partial charge on any atom is -0.364 e. The van der Waals surface area contributed by atoms with Gasteiger partial charge in [0.15, 0.2) is 5.65 Å². The predicted molar refractivity (Wildman–Crippen MR) is 91.9 cm³/mol. The van der Waals surface area contributed by atoms with Gasteiger partial charge in [0.2, 0.25) is 0 Å². The first-order chi connectivity index (χ1) is 11.6. The van der Waals surface area contributed by atoms with Gasteiger partial charge in [-0.2, -0.15) is 0 Å². The van der Waals surface area contributed by atoms with Crippen LogP contribution in [-0.2, 0) is 0 Å². The number of imidazole rings is 1. The van der Waals surface area contributed by atoms with Gasteiger partial charge in [-0.05, 0) is 36.8 Å². The molecule has 2 aromatic rings. The van der Waals surface area contributed by atoms with E-state index in [-0.39, 0.29) is 12.1 Å². The number of urea groups is 1. The lowest BCUT2D eigenvalue weighted by molar-refractivity contribution is 0.149. The predicted octanol–water partition coefficient (Wildman–Crippen LogP) is 2.12. The molecule has 7 heteroatoms. The molecule has 2 aliphatic rings. The fraction of sp³-hybridized carbons (Fsp3) is 0.588. The van der Waals surface area contributed by atoms with E-state index in [1.807, 2.05) is 23.2 Å². The van der Waals surface area contributed by atoms with Gasteiger partial charge in [0, 0.05) is 38.1 Å². The molecule has 24 heavy (non-hydrogen) atoms. The molecule has 0 spiro atoms. The van der Waals surface area contributed by atoms with Crippen LogP contribution < -0.4 is 10.6 Å². The van der Waals surface area contributed by atoms with E-state index in [1.54, 1.807) is 10.7 Å². The van der Waals surface area contributed by atoms with E-state index in [1.165, 1.54) is 19.3 Å². The molecule has 1 atom stereocenters. The second-order valence-corrected chi connectivity index (χ2v) is 7.35. The van der Waals surface area contributed by atoms with E-state index in [9.17, 15) is 4.79 Å². The first kappa shape index (κ1) is 15.2. The van der Waals surface area contributed by atoms with E-state index >= 15 is 0 Å². The van der Waals surface area contributed by atoms with Crippen molar-refractivity contribution >= 4 is 17.5 Å². The Morgan fingerprint density at radius 2 is 2.29 bits per heavy atom. The molecule has 2 fully saturated rings. The summed E-state index contributed by atoms with van der Waals surface area (Å²) in [7, 11) is 0. The average Bonchev–Trinajstić information content (AvgIpc) is 3.19. The highest BCUT2D eigenvalue weighted by molar-refractivity contribution is 5.74. The molecule has 128 valence electrons. The van der Waals surface area contributed by atoms with Gasteiger partial charge >= 0.3 is 6.03 Å². The summed E-state index contributed by atoms with van der Waals surface area (Å²) in [5.74, 6) is 0.815. The number of nitrogens with zero attached hydrogens (tertiary/aromatic N) is 4. The molecule has 7 nitrogen and oxygen atoms in total. The first-order valence-corrected chi connectivity index (χ1v) is 8.71. The Hall–Kier alpha value is -2.31. The van der Waals surface area contributed by atoms with Crippen molar-refractivity contribution in [1.82, 2.24) is 24.8 Å².